The van der Waals surface area contributed by atoms with Crippen LogP contribution in [-0.4, -0.2) is 36.4 Å². The number of methoxy groups -OCH3 is 2. The second-order valence-corrected chi connectivity index (χ2v) is 5.02. The molecule has 1 aromatic rings. The van der Waals surface area contributed by atoms with Gasteiger partial charge >= 0.3 is 11.9 Å². The van der Waals surface area contributed by atoms with Crippen molar-refractivity contribution in [1.82, 2.24) is 0 Å². The summed E-state index contributed by atoms with van der Waals surface area (Å²) in [5, 5.41) is 18.2. The van der Waals surface area contributed by atoms with Crippen LogP contribution in [-0.2, 0) is 10.2 Å². The molecule has 0 saturated heterocycles. The van der Waals surface area contributed by atoms with E-state index in [1.807, 2.05) is 0 Å². The van der Waals surface area contributed by atoms with Gasteiger partial charge in [-0.3, -0.25) is 4.79 Å². The molecule has 0 atom stereocenters. The molecule has 0 spiro atoms. The summed E-state index contributed by atoms with van der Waals surface area (Å²) in [6.07, 6.45) is -0.123. The summed E-state index contributed by atoms with van der Waals surface area (Å²) < 4.78 is 10.2. The number of aliphatic carboxylic acids is 1. The van der Waals surface area contributed by atoms with Crippen LogP contribution in [0.25, 0.3) is 0 Å². The fraction of sp³-hybridized carbons (Fsp3) is 0.429. The van der Waals surface area contributed by atoms with Crippen molar-refractivity contribution in [2.75, 3.05) is 14.2 Å². The normalized spacial score (nSPS) is 11.0. The van der Waals surface area contributed by atoms with Crippen LogP contribution in [0.15, 0.2) is 12.1 Å². The van der Waals surface area contributed by atoms with Gasteiger partial charge in [0, 0.05) is 5.41 Å². The molecule has 6 nitrogen and oxygen atoms in total. The monoisotopic (exact) mass is 282 g/mol. The predicted octanol–water partition coefficient (Wildman–Crippen LogP) is 2.15. The standard InChI is InChI=1S/C14H18O6/c1-14(2,7-11(15)16)8-5-9(13(17)18)12(20-4)10(6-8)19-3/h5-6H,7H2,1-4H3,(H,15,16)(H,17,18). The summed E-state index contributed by atoms with van der Waals surface area (Å²) in [7, 11) is 2.75. The molecule has 1 aromatic carbocycles. The number of carboxylic acid groups (broad SMARTS) is 2. The van der Waals surface area contributed by atoms with E-state index in [1.54, 1.807) is 19.9 Å². The van der Waals surface area contributed by atoms with Gasteiger partial charge in [0.2, 0.25) is 0 Å². The van der Waals surface area contributed by atoms with Gasteiger partial charge in [-0.1, -0.05) is 13.8 Å². The van der Waals surface area contributed by atoms with Crippen LogP contribution in [0.2, 0.25) is 0 Å². The van der Waals surface area contributed by atoms with Crippen molar-refractivity contribution in [3.8, 4) is 11.5 Å². The van der Waals surface area contributed by atoms with Gasteiger partial charge in [-0.15, -0.1) is 0 Å². The molecule has 0 radical (unpaired) electrons. The summed E-state index contributed by atoms with van der Waals surface area (Å²) in [5.41, 5.74) is -0.217. The lowest BCUT2D eigenvalue weighted by atomic mass is 9.80. The zero-order chi connectivity index (χ0) is 15.5. The zero-order valence-corrected chi connectivity index (χ0v) is 11.9. The first-order valence-electron chi connectivity index (χ1n) is 5.94. The molecule has 0 unspecified atom stereocenters. The Morgan fingerprint density at radius 3 is 2.15 bits per heavy atom. The quantitative estimate of drug-likeness (QED) is 0.830. The van der Waals surface area contributed by atoms with E-state index in [0.29, 0.717) is 5.56 Å². The molecule has 0 aliphatic rings. The van der Waals surface area contributed by atoms with E-state index in [2.05, 4.69) is 0 Å². The van der Waals surface area contributed by atoms with E-state index in [1.165, 1.54) is 20.3 Å². The Morgan fingerprint density at radius 1 is 1.15 bits per heavy atom. The number of rotatable bonds is 6. The SMILES string of the molecule is COc1cc(C(C)(C)CC(=O)O)cc(C(=O)O)c1OC. The average Bonchev–Trinajstić information content (AvgIpc) is 2.35. The molecule has 1 rings (SSSR count). The van der Waals surface area contributed by atoms with Crippen molar-refractivity contribution < 1.29 is 29.3 Å². The first-order chi connectivity index (χ1) is 9.22. The van der Waals surface area contributed by atoms with E-state index in [0.717, 1.165) is 0 Å². The van der Waals surface area contributed by atoms with Crippen LogP contribution in [0.5, 0.6) is 11.5 Å². The van der Waals surface area contributed by atoms with E-state index in [-0.39, 0.29) is 23.5 Å². The third-order valence-corrected chi connectivity index (χ3v) is 3.08. The minimum Gasteiger partial charge on any atom is -0.493 e. The maximum absolute atomic E-state index is 11.3. The van der Waals surface area contributed by atoms with Gasteiger partial charge in [-0.25, -0.2) is 4.79 Å². The Balaban J connectivity index is 3.46. The number of carbonyl (C=O) groups is 2. The lowest BCUT2D eigenvalue weighted by Gasteiger charge is -2.25. The number of aromatic carboxylic acids is 1. The molecule has 0 saturated carbocycles. The molecule has 110 valence electrons. The zero-order valence-electron chi connectivity index (χ0n) is 11.9. The van der Waals surface area contributed by atoms with Crippen molar-refractivity contribution in [3.05, 3.63) is 23.3 Å². The maximum Gasteiger partial charge on any atom is 0.339 e. The van der Waals surface area contributed by atoms with Crippen LogP contribution in [0.1, 0.15) is 36.2 Å². The lowest BCUT2D eigenvalue weighted by molar-refractivity contribution is -0.138. The molecule has 2 N–H and O–H groups in total. The van der Waals surface area contributed by atoms with Crippen molar-refractivity contribution in [2.24, 2.45) is 0 Å². The average molecular weight is 282 g/mol. The first-order valence-corrected chi connectivity index (χ1v) is 5.94. The van der Waals surface area contributed by atoms with Gasteiger partial charge in [-0.2, -0.15) is 0 Å². The first kappa shape index (κ1) is 15.8. The molecule has 6 heteroatoms. The van der Waals surface area contributed by atoms with Gasteiger partial charge < -0.3 is 19.7 Å². The van der Waals surface area contributed by atoms with Crippen molar-refractivity contribution in [3.63, 3.8) is 0 Å². The number of ether oxygens (including phenoxy) is 2. The minimum absolute atomic E-state index is 0.0553. The van der Waals surface area contributed by atoms with Crippen LogP contribution >= 0.6 is 0 Å². The topological polar surface area (TPSA) is 93.1 Å². The molecule has 0 aromatic heterocycles. The smallest absolute Gasteiger partial charge is 0.339 e. The fourth-order valence-electron chi connectivity index (χ4n) is 1.99. The van der Waals surface area contributed by atoms with E-state index in [4.69, 9.17) is 14.6 Å². The van der Waals surface area contributed by atoms with Crippen LogP contribution in [0.4, 0.5) is 0 Å². The highest BCUT2D eigenvalue weighted by atomic mass is 16.5. The Morgan fingerprint density at radius 2 is 1.75 bits per heavy atom. The highest BCUT2D eigenvalue weighted by Crippen LogP contribution is 2.38. The number of benzene rings is 1. The van der Waals surface area contributed by atoms with Gasteiger partial charge in [0.15, 0.2) is 11.5 Å². The van der Waals surface area contributed by atoms with Crippen molar-refractivity contribution in [1.29, 1.82) is 0 Å². The van der Waals surface area contributed by atoms with Crippen LogP contribution in [0, 0.1) is 0 Å². The van der Waals surface area contributed by atoms with Gasteiger partial charge in [0.25, 0.3) is 0 Å². The summed E-state index contributed by atoms with van der Waals surface area (Å²) >= 11 is 0. The fourth-order valence-corrected chi connectivity index (χ4v) is 1.99. The van der Waals surface area contributed by atoms with E-state index in [9.17, 15) is 14.7 Å². The van der Waals surface area contributed by atoms with E-state index >= 15 is 0 Å². The molecule has 0 aliphatic heterocycles. The van der Waals surface area contributed by atoms with Gasteiger partial charge in [0.05, 0.1) is 20.6 Å². The highest BCUT2D eigenvalue weighted by molar-refractivity contribution is 5.92. The Kier molecular flexibility index (Phi) is 4.60. The van der Waals surface area contributed by atoms with Crippen LogP contribution in [0.3, 0.4) is 0 Å². The third kappa shape index (κ3) is 3.20. The third-order valence-electron chi connectivity index (χ3n) is 3.08. The molecular weight excluding hydrogens is 264 g/mol. The molecule has 0 bridgehead atoms. The maximum atomic E-state index is 11.3. The number of hydrogen-bond donors (Lipinski definition) is 2. The second kappa shape index (κ2) is 5.81. The summed E-state index contributed by atoms with van der Waals surface area (Å²) in [5.74, 6) is -1.73. The van der Waals surface area contributed by atoms with Gasteiger partial charge in [-0.05, 0) is 17.7 Å². The predicted molar refractivity (Wildman–Crippen MR) is 71.8 cm³/mol. The van der Waals surface area contributed by atoms with Crippen LogP contribution < -0.4 is 9.47 Å². The number of carboxylic acids is 2. The molecule has 0 aliphatic carbocycles. The highest BCUT2D eigenvalue weighted by Gasteiger charge is 2.28. The Hall–Kier alpha value is -2.24. The molecule has 20 heavy (non-hydrogen) atoms. The van der Waals surface area contributed by atoms with Crippen molar-refractivity contribution in [2.45, 2.75) is 25.7 Å². The number of hydrogen-bond acceptors (Lipinski definition) is 4. The van der Waals surface area contributed by atoms with E-state index < -0.39 is 17.4 Å². The molecule has 0 amide bonds. The summed E-state index contributed by atoms with van der Waals surface area (Å²) in [6, 6.07) is 3.03. The minimum atomic E-state index is -1.16. The molecule has 0 heterocycles. The largest absolute Gasteiger partial charge is 0.493 e. The Labute approximate surface area is 116 Å². The second-order valence-electron chi connectivity index (χ2n) is 5.02. The molecular formula is C14H18O6. The van der Waals surface area contributed by atoms with Gasteiger partial charge in [0.1, 0.15) is 5.56 Å². The Bertz CT molecular complexity index is 533. The summed E-state index contributed by atoms with van der Waals surface area (Å²) in [6.45, 7) is 3.46. The summed E-state index contributed by atoms with van der Waals surface area (Å²) in [4.78, 5) is 22.2. The molecule has 0 fully saturated rings. The van der Waals surface area contributed by atoms with Crippen molar-refractivity contribution >= 4 is 11.9 Å². The lowest BCUT2D eigenvalue weighted by Crippen LogP contribution is -2.22.